The van der Waals surface area contributed by atoms with Crippen LogP contribution in [0, 0.1) is 18.3 Å². The van der Waals surface area contributed by atoms with E-state index in [0.717, 1.165) is 12.1 Å². The number of Topliss-reactive ketones (excluding diaryl/α,β-unsaturated/α-hetero) is 2. The van der Waals surface area contributed by atoms with Gasteiger partial charge in [0.05, 0.1) is 40.5 Å². The molecule has 0 amide bonds. The van der Waals surface area contributed by atoms with Crippen LogP contribution in [-0.2, 0) is 22.8 Å². The molecule has 1 fully saturated rings. The molecule has 0 saturated heterocycles. The Hall–Kier alpha value is -3.80. The molecule has 0 aliphatic heterocycles. The average Bonchev–Trinajstić information content (AvgIpc) is 3.21. The maximum Gasteiger partial charge on any atom is 0.416 e. The summed E-state index contributed by atoms with van der Waals surface area (Å²) in [5, 5.41) is 13.9. The summed E-state index contributed by atoms with van der Waals surface area (Å²) in [6.45, 7) is 1.68. The summed E-state index contributed by atoms with van der Waals surface area (Å²) in [6.07, 6.45) is 0.203. The molecule has 1 aliphatic carbocycles. The Kier molecular flexibility index (Phi) is 6.09. The van der Waals surface area contributed by atoms with Crippen LogP contribution in [0.3, 0.4) is 0 Å². The monoisotopic (exact) mass is 466 g/mol. The van der Waals surface area contributed by atoms with E-state index in [2.05, 4.69) is 16.2 Å². The number of halogens is 3. The summed E-state index contributed by atoms with van der Waals surface area (Å²) < 4.78 is 39.8. The maximum atomic E-state index is 12.9. The van der Waals surface area contributed by atoms with Crippen molar-refractivity contribution < 1.29 is 22.8 Å². The zero-order valence-electron chi connectivity index (χ0n) is 18.4. The molecule has 1 saturated carbocycles. The van der Waals surface area contributed by atoms with E-state index in [-0.39, 0.29) is 18.0 Å². The molecule has 4 rings (SSSR count). The van der Waals surface area contributed by atoms with Crippen LogP contribution < -0.4 is 0 Å². The van der Waals surface area contributed by atoms with Gasteiger partial charge in [0.25, 0.3) is 0 Å². The van der Waals surface area contributed by atoms with E-state index in [1.165, 1.54) is 23.0 Å². The van der Waals surface area contributed by atoms with Gasteiger partial charge in [0, 0.05) is 25.5 Å². The van der Waals surface area contributed by atoms with Gasteiger partial charge < -0.3 is 0 Å². The second-order valence-corrected chi connectivity index (χ2v) is 8.48. The highest BCUT2D eigenvalue weighted by atomic mass is 19.4. The normalized spacial score (nSPS) is 15.7. The first-order valence-electron chi connectivity index (χ1n) is 10.8. The van der Waals surface area contributed by atoms with Crippen molar-refractivity contribution in [2.24, 2.45) is 0 Å². The second kappa shape index (κ2) is 8.86. The summed E-state index contributed by atoms with van der Waals surface area (Å²) in [5.74, 6) is -0.0521. The number of alkyl halides is 3. The van der Waals surface area contributed by atoms with Crippen molar-refractivity contribution in [1.29, 1.82) is 5.26 Å². The predicted octanol–water partition coefficient (Wildman–Crippen LogP) is 4.92. The topological polar surface area (TPSA) is 88.6 Å². The van der Waals surface area contributed by atoms with Crippen LogP contribution in [-0.4, -0.2) is 26.3 Å². The molecule has 6 nitrogen and oxygen atoms in total. The summed E-state index contributed by atoms with van der Waals surface area (Å²) in [7, 11) is 0. The number of carbonyl (C=O) groups is 2. The minimum absolute atomic E-state index is 0.0604. The minimum Gasteiger partial charge on any atom is -0.300 e. The lowest BCUT2D eigenvalue weighted by Crippen LogP contribution is -2.31. The molecule has 1 aromatic carbocycles. The Morgan fingerprint density at radius 3 is 2.35 bits per heavy atom. The smallest absolute Gasteiger partial charge is 0.300 e. The molecule has 1 aliphatic rings. The number of nitrogens with zero attached hydrogens (tertiary/aromatic N) is 4. The molecular formula is C25H21F3N4O2. The van der Waals surface area contributed by atoms with Crippen molar-refractivity contribution in [2.75, 3.05) is 0 Å². The van der Waals surface area contributed by atoms with E-state index in [1.807, 2.05) is 0 Å². The van der Waals surface area contributed by atoms with Crippen molar-refractivity contribution in [2.45, 2.75) is 50.6 Å². The van der Waals surface area contributed by atoms with Crippen molar-refractivity contribution >= 4 is 11.6 Å². The summed E-state index contributed by atoms with van der Waals surface area (Å²) in [4.78, 5) is 28.9. The number of ketones is 2. The van der Waals surface area contributed by atoms with Crippen LogP contribution in [0.4, 0.5) is 13.2 Å². The molecule has 174 valence electrons. The van der Waals surface area contributed by atoms with Gasteiger partial charge in [-0.25, -0.2) is 4.68 Å². The van der Waals surface area contributed by atoms with Crippen molar-refractivity contribution in [3.8, 4) is 11.8 Å². The Morgan fingerprint density at radius 2 is 1.79 bits per heavy atom. The van der Waals surface area contributed by atoms with Crippen LogP contribution in [0.15, 0.2) is 48.8 Å². The third-order valence-corrected chi connectivity index (χ3v) is 6.30. The van der Waals surface area contributed by atoms with Gasteiger partial charge in [0.15, 0.2) is 5.78 Å². The summed E-state index contributed by atoms with van der Waals surface area (Å²) >= 11 is 0. The molecule has 34 heavy (non-hydrogen) atoms. The first-order chi connectivity index (χ1) is 16.1. The number of aromatic nitrogens is 3. The van der Waals surface area contributed by atoms with Crippen molar-refractivity contribution in [1.82, 2.24) is 14.8 Å². The molecule has 0 bridgehead atoms. The number of pyridine rings is 1. The fraction of sp³-hybridized carbons (Fsp3) is 0.320. The summed E-state index contributed by atoms with van der Waals surface area (Å²) in [5.41, 5.74) is 1.03. The van der Waals surface area contributed by atoms with Gasteiger partial charge in [-0.1, -0.05) is 6.07 Å². The zero-order valence-corrected chi connectivity index (χ0v) is 18.4. The molecule has 0 radical (unpaired) electrons. The van der Waals surface area contributed by atoms with Crippen LogP contribution in [0.25, 0.3) is 5.69 Å². The lowest BCUT2D eigenvalue weighted by Gasteiger charge is -2.29. The van der Waals surface area contributed by atoms with Gasteiger partial charge in [0.1, 0.15) is 11.2 Å². The quantitative estimate of drug-likeness (QED) is 0.498. The van der Waals surface area contributed by atoms with Crippen LogP contribution in [0.1, 0.15) is 58.6 Å². The second-order valence-electron chi connectivity index (χ2n) is 8.48. The Labute approximate surface area is 194 Å². The van der Waals surface area contributed by atoms with E-state index in [1.54, 1.807) is 25.3 Å². The molecule has 0 unspecified atom stereocenters. The molecular weight excluding hydrogens is 445 g/mol. The maximum absolute atomic E-state index is 12.9. The Bertz CT molecular complexity index is 1260. The van der Waals surface area contributed by atoms with Gasteiger partial charge in [-0.2, -0.15) is 23.5 Å². The van der Waals surface area contributed by atoms with Crippen molar-refractivity contribution in [3.63, 3.8) is 0 Å². The molecule has 9 heteroatoms. The van der Waals surface area contributed by atoms with E-state index in [9.17, 15) is 28.0 Å². The lowest BCUT2D eigenvalue weighted by molar-refractivity contribution is -0.137. The predicted molar refractivity (Wildman–Crippen MR) is 116 cm³/mol. The number of nitriles is 1. The van der Waals surface area contributed by atoms with Crippen molar-refractivity contribution in [3.05, 3.63) is 76.9 Å². The molecule has 2 aromatic heterocycles. The van der Waals surface area contributed by atoms with E-state index in [4.69, 9.17) is 0 Å². The summed E-state index contributed by atoms with van der Waals surface area (Å²) in [6, 6.07) is 10.4. The van der Waals surface area contributed by atoms with Gasteiger partial charge in [-0.3, -0.25) is 14.6 Å². The minimum atomic E-state index is -4.43. The largest absolute Gasteiger partial charge is 0.416 e. The van der Waals surface area contributed by atoms with E-state index in [0.29, 0.717) is 53.9 Å². The first-order valence-corrected chi connectivity index (χ1v) is 10.8. The highest BCUT2D eigenvalue weighted by Crippen LogP contribution is 2.36. The van der Waals surface area contributed by atoms with Gasteiger partial charge in [0.2, 0.25) is 0 Å². The van der Waals surface area contributed by atoms with E-state index >= 15 is 0 Å². The number of benzene rings is 1. The Balaban J connectivity index is 1.49. The molecule has 2 heterocycles. The van der Waals surface area contributed by atoms with Crippen LogP contribution >= 0.6 is 0 Å². The molecule has 3 aromatic rings. The standard InChI is InChI=1S/C25H21F3N4O2/c1-16-21(14-31-32(16)19-5-3-18(4-6-19)25(26,27)28)22(34)12-17-2-7-23(30-13-17)24(15-29)10-8-20(33)9-11-24/h2-7,13-14H,8-12H2,1H3. The Morgan fingerprint density at radius 1 is 1.12 bits per heavy atom. The fourth-order valence-electron chi connectivity index (χ4n) is 4.21. The first kappa shape index (κ1) is 23.4. The third-order valence-electron chi connectivity index (χ3n) is 6.30. The van der Waals surface area contributed by atoms with Gasteiger partial charge in [-0.05, 0) is 55.7 Å². The number of rotatable bonds is 5. The number of hydrogen-bond donors (Lipinski definition) is 0. The van der Waals surface area contributed by atoms with Gasteiger partial charge in [-0.15, -0.1) is 0 Å². The van der Waals surface area contributed by atoms with Gasteiger partial charge >= 0.3 is 6.18 Å². The SMILES string of the molecule is Cc1c(C(=O)Cc2ccc(C3(C#N)CCC(=O)CC3)nc2)cnn1-c1ccc(C(F)(F)F)cc1. The van der Waals surface area contributed by atoms with E-state index < -0.39 is 17.2 Å². The lowest BCUT2D eigenvalue weighted by atomic mass is 9.72. The molecule has 0 N–H and O–H groups in total. The number of hydrogen-bond acceptors (Lipinski definition) is 5. The van der Waals surface area contributed by atoms with Crippen LogP contribution in [0.5, 0.6) is 0 Å². The fourth-order valence-corrected chi connectivity index (χ4v) is 4.21. The average molecular weight is 466 g/mol. The highest BCUT2D eigenvalue weighted by molar-refractivity contribution is 5.98. The number of carbonyl (C=O) groups excluding carboxylic acids is 2. The zero-order chi connectivity index (χ0) is 24.5. The third kappa shape index (κ3) is 4.49. The molecule has 0 spiro atoms. The van der Waals surface area contributed by atoms with Crippen LogP contribution in [0.2, 0.25) is 0 Å². The molecule has 0 atom stereocenters. The highest BCUT2D eigenvalue weighted by Gasteiger charge is 2.38.